The van der Waals surface area contributed by atoms with Crippen LogP contribution in [0.1, 0.15) is 12.8 Å². The Morgan fingerprint density at radius 3 is 2.21 bits per heavy atom. The number of primary amides is 1. The Hall–Kier alpha value is -2.50. The van der Waals surface area contributed by atoms with E-state index in [2.05, 4.69) is 4.72 Å². The minimum Gasteiger partial charge on any atom is -0.368 e. The van der Waals surface area contributed by atoms with Crippen LogP contribution in [-0.2, 0) is 24.4 Å². The summed E-state index contributed by atoms with van der Waals surface area (Å²) >= 11 is 0. The van der Waals surface area contributed by atoms with Gasteiger partial charge in [-0.15, -0.1) is 0 Å². The zero-order valence-corrected chi connectivity index (χ0v) is 17.0. The molecule has 2 aliphatic heterocycles. The summed E-state index contributed by atoms with van der Waals surface area (Å²) in [6.07, 6.45) is 1.23. The highest BCUT2D eigenvalue weighted by atomic mass is 32.2. The van der Waals surface area contributed by atoms with Crippen LogP contribution in [0.25, 0.3) is 0 Å². The third kappa shape index (κ3) is 4.74. The monoisotopic (exact) mass is 423 g/mol. The van der Waals surface area contributed by atoms with Crippen molar-refractivity contribution in [3.63, 3.8) is 0 Å². The molecule has 3 rings (SSSR count). The molecule has 10 nitrogen and oxygen atoms in total. The van der Waals surface area contributed by atoms with Gasteiger partial charge in [-0.25, -0.2) is 8.42 Å². The quantitative estimate of drug-likeness (QED) is 0.548. The molecule has 0 saturated carbocycles. The molecule has 3 N–H and O–H groups in total. The normalized spacial score (nSPS) is 19.4. The highest BCUT2D eigenvalue weighted by Gasteiger charge is 2.34. The first kappa shape index (κ1) is 21.2. The number of anilines is 1. The van der Waals surface area contributed by atoms with Gasteiger partial charge in [0, 0.05) is 44.8 Å². The van der Waals surface area contributed by atoms with Gasteiger partial charge >= 0.3 is 0 Å². The minimum atomic E-state index is -4.16. The minimum absolute atomic E-state index is 0.00898. The van der Waals surface area contributed by atoms with Crippen molar-refractivity contribution in [2.75, 3.05) is 44.7 Å². The lowest BCUT2D eigenvalue weighted by Crippen LogP contribution is -2.58. The molecule has 0 bridgehead atoms. The van der Waals surface area contributed by atoms with Gasteiger partial charge in [0.2, 0.25) is 21.8 Å². The molecule has 11 heteroatoms. The van der Waals surface area contributed by atoms with Crippen molar-refractivity contribution in [3.05, 3.63) is 24.3 Å². The topological polar surface area (TPSA) is 133 Å². The number of benzene rings is 1. The molecule has 1 aromatic rings. The predicted molar refractivity (Wildman–Crippen MR) is 105 cm³/mol. The van der Waals surface area contributed by atoms with Gasteiger partial charge < -0.3 is 20.4 Å². The molecule has 29 heavy (non-hydrogen) atoms. The number of sulfonamides is 1. The summed E-state index contributed by atoms with van der Waals surface area (Å²) in [4.78, 5) is 41.2. The van der Waals surface area contributed by atoms with Crippen molar-refractivity contribution in [2.24, 2.45) is 5.73 Å². The average molecular weight is 423 g/mol. The van der Waals surface area contributed by atoms with E-state index in [0.29, 0.717) is 44.8 Å². The van der Waals surface area contributed by atoms with Crippen LogP contribution in [0, 0.1) is 0 Å². The third-order valence-electron chi connectivity index (χ3n) is 5.15. The molecule has 0 radical (unpaired) electrons. The van der Waals surface area contributed by atoms with E-state index in [9.17, 15) is 22.8 Å². The number of carbonyl (C=O) groups excluding carboxylic acids is 3. The Bertz CT molecular complexity index is 894. The fourth-order valence-electron chi connectivity index (χ4n) is 3.39. The first-order valence-electron chi connectivity index (χ1n) is 9.38. The lowest BCUT2D eigenvalue weighted by atomic mass is 10.2. The number of nitrogens with one attached hydrogen (secondary N) is 1. The largest absolute Gasteiger partial charge is 0.368 e. The maximum Gasteiger partial charge on any atom is 0.250 e. The van der Waals surface area contributed by atoms with Crippen LogP contribution < -0.4 is 15.4 Å². The smallest absolute Gasteiger partial charge is 0.250 e. The fraction of sp³-hybridized carbons (Fsp3) is 0.500. The molecule has 0 aliphatic carbocycles. The van der Waals surface area contributed by atoms with Crippen molar-refractivity contribution in [1.29, 1.82) is 0 Å². The van der Waals surface area contributed by atoms with Crippen LogP contribution in [0.15, 0.2) is 29.2 Å². The number of amides is 3. The predicted octanol–water partition coefficient (Wildman–Crippen LogP) is -1.28. The van der Waals surface area contributed by atoms with Crippen LogP contribution in [0.3, 0.4) is 0 Å². The molecule has 0 unspecified atom stereocenters. The number of likely N-dealkylation sites (N-methyl/N-ethyl adjacent to an activating group) is 1. The lowest BCUT2D eigenvalue weighted by Gasteiger charge is -2.34. The van der Waals surface area contributed by atoms with Crippen molar-refractivity contribution < 1.29 is 22.8 Å². The van der Waals surface area contributed by atoms with Gasteiger partial charge in [0.1, 0.15) is 0 Å². The highest BCUT2D eigenvalue weighted by molar-refractivity contribution is 7.89. The number of nitrogens with zero attached hydrogens (tertiary/aromatic N) is 3. The van der Waals surface area contributed by atoms with E-state index in [1.54, 1.807) is 4.90 Å². The fourth-order valence-corrected chi connectivity index (χ4v) is 4.55. The molecule has 0 spiro atoms. The Morgan fingerprint density at radius 1 is 1.07 bits per heavy atom. The van der Waals surface area contributed by atoms with Crippen molar-refractivity contribution in [1.82, 2.24) is 14.5 Å². The van der Waals surface area contributed by atoms with Crippen molar-refractivity contribution in [3.8, 4) is 0 Å². The van der Waals surface area contributed by atoms with Crippen LogP contribution in [0.4, 0.5) is 5.69 Å². The summed E-state index contributed by atoms with van der Waals surface area (Å²) in [6.45, 7) is 2.62. The number of hydrogen-bond donors (Lipinski definition) is 2. The van der Waals surface area contributed by atoms with Crippen LogP contribution in [0.2, 0.25) is 0 Å². The van der Waals surface area contributed by atoms with Crippen LogP contribution in [0.5, 0.6) is 0 Å². The van der Waals surface area contributed by atoms with Gasteiger partial charge in [-0.2, -0.15) is 4.72 Å². The van der Waals surface area contributed by atoms with Crippen LogP contribution in [-0.4, -0.2) is 81.8 Å². The van der Waals surface area contributed by atoms with E-state index >= 15 is 0 Å². The van der Waals surface area contributed by atoms with Crippen molar-refractivity contribution in [2.45, 2.75) is 23.8 Å². The zero-order chi connectivity index (χ0) is 21.2. The summed E-state index contributed by atoms with van der Waals surface area (Å²) in [6, 6.07) is 4.05. The van der Waals surface area contributed by atoms with Gasteiger partial charge in [-0.3, -0.25) is 14.4 Å². The summed E-state index contributed by atoms with van der Waals surface area (Å²) in [7, 11) is -2.25. The second-order valence-corrected chi connectivity index (χ2v) is 8.94. The van der Waals surface area contributed by atoms with E-state index in [1.165, 1.54) is 29.2 Å². The number of nitrogens with two attached hydrogens (primary N) is 1. The second kappa shape index (κ2) is 8.47. The second-order valence-electron chi connectivity index (χ2n) is 7.23. The number of rotatable bonds is 6. The van der Waals surface area contributed by atoms with Gasteiger partial charge in [0.05, 0.1) is 4.90 Å². The molecule has 0 aromatic heterocycles. The molecule has 158 valence electrons. The molecular weight excluding hydrogens is 398 g/mol. The summed E-state index contributed by atoms with van der Waals surface area (Å²) in [5, 5.41) is 0. The number of carbonyl (C=O) groups is 3. The molecule has 3 amide bonds. The standard InChI is InChI=1S/C18H25N5O5S/c1-21-9-11-22(12-10-21)18(26)16(17(19)25)20-29(27,28)14-6-4-13(5-7-14)23-8-2-3-15(23)24/h4-7,16,20H,2-3,8-12H2,1H3,(H2,19,25)/t16-/m0/s1. The van der Waals surface area contributed by atoms with E-state index in [-0.39, 0.29) is 10.8 Å². The Kier molecular flexibility index (Phi) is 6.20. The Balaban J connectivity index is 1.74. The average Bonchev–Trinajstić information content (AvgIpc) is 3.12. The molecule has 1 aromatic carbocycles. The van der Waals surface area contributed by atoms with E-state index in [4.69, 9.17) is 5.73 Å². The summed E-state index contributed by atoms with van der Waals surface area (Å²) in [5.74, 6) is -1.73. The lowest BCUT2D eigenvalue weighted by molar-refractivity contribution is -0.138. The zero-order valence-electron chi connectivity index (χ0n) is 16.2. The molecule has 1 atom stereocenters. The van der Waals surface area contributed by atoms with Gasteiger partial charge in [-0.1, -0.05) is 0 Å². The summed E-state index contributed by atoms with van der Waals surface area (Å²) in [5.41, 5.74) is 5.91. The van der Waals surface area contributed by atoms with E-state index in [0.717, 1.165) is 6.42 Å². The molecule has 2 fully saturated rings. The molecule has 2 heterocycles. The maximum atomic E-state index is 12.7. The van der Waals surface area contributed by atoms with E-state index < -0.39 is 27.9 Å². The summed E-state index contributed by atoms with van der Waals surface area (Å²) < 4.78 is 27.5. The first-order chi connectivity index (χ1) is 13.7. The van der Waals surface area contributed by atoms with Gasteiger partial charge in [-0.05, 0) is 37.7 Å². The molecular formula is C18H25N5O5S. The maximum absolute atomic E-state index is 12.7. The first-order valence-corrected chi connectivity index (χ1v) is 10.9. The van der Waals surface area contributed by atoms with Gasteiger partial charge in [0.25, 0.3) is 5.91 Å². The van der Waals surface area contributed by atoms with E-state index in [1.807, 2.05) is 11.9 Å². The highest BCUT2D eigenvalue weighted by Crippen LogP contribution is 2.23. The van der Waals surface area contributed by atoms with Crippen molar-refractivity contribution >= 4 is 33.4 Å². The SMILES string of the molecule is CN1CCN(C(=O)[C@@H](NS(=O)(=O)c2ccc(N3CCCC3=O)cc2)C(N)=O)CC1. The molecule has 2 saturated heterocycles. The Morgan fingerprint density at radius 2 is 1.69 bits per heavy atom. The Labute approximate surface area is 169 Å². The third-order valence-corrected chi connectivity index (χ3v) is 6.59. The van der Waals surface area contributed by atoms with Crippen LogP contribution >= 0.6 is 0 Å². The molecule has 2 aliphatic rings. The van der Waals surface area contributed by atoms with Gasteiger partial charge in [0.15, 0.2) is 6.04 Å². The number of piperazine rings is 1. The number of hydrogen-bond acceptors (Lipinski definition) is 6.